The number of carbonyl (C=O) groups excluding carboxylic acids is 2. The summed E-state index contributed by atoms with van der Waals surface area (Å²) in [4.78, 5) is 43.4. The van der Waals surface area contributed by atoms with E-state index in [1.165, 1.54) is 38.3 Å². The Morgan fingerprint density at radius 1 is 0.884 bits per heavy atom. The Labute approximate surface area is 265 Å². The number of amides is 1. The second-order valence-corrected chi connectivity index (χ2v) is 15.0. The highest BCUT2D eigenvalue weighted by Crippen LogP contribution is 2.38. The summed E-state index contributed by atoms with van der Waals surface area (Å²) < 4.78 is 2.52. The number of aryl methyl sites for hydroxylation is 2. The van der Waals surface area contributed by atoms with E-state index in [-0.39, 0.29) is 17.7 Å². The minimum Gasteiger partial charge on any atom is -0.385 e. The van der Waals surface area contributed by atoms with Gasteiger partial charge in [-0.1, -0.05) is 0 Å². The molecule has 2 aromatic heterocycles. The highest BCUT2D eigenvalue weighted by atomic mass is 32.2. The Balaban J connectivity index is 0.000000140. The summed E-state index contributed by atoms with van der Waals surface area (Å²) >= 11 is 6.61. The molecule has 0 spiro atoms. The standard InChI is InChI=1S/C16H17N3OS2.C14H14N4OS2/c1-9(20)12-8-21-15(18-12)16-17-11-5-6-13-10(14(11)22-16)4-3-7-19(13)2;15-12(19)10-6-20-13(18-10)14-17-9-4-3-8-7(11(9)21-14)2-1-5-16-8/h5-6,12H,3-4,7-8H2,1-2H3;3-4,10,16H,1-2,5-6H2,(H2,15,19)/t12-;10-/m11/s1. The number of hydrogen-bond donors (Lipinski definition) is 2. The van der Waals surface area contributed by atoms with Crippen LogP contribution in [0.3, 0.4) is 0 Å². The molecular weight excluding hydrogens is 619 g/mol. The first-order chi connectivity index (χ1) is 20.9. The van der Waals surface area contributed by atoms with E-state index in [0.717, 1.165) is 69.2 Å². The third-order valence-corrected chi connectivity index (χ3v) is 12.7. The van der Waals surface area contributed by atoms with Crippen molar-refractivity contribution >= 4 is 99.8 Å². The van der Waals surface area contributed by atoms with E-state index in [9.17, 15) is 9.59 Å². The number of carbonyl (C=O) groups is 2. The van der Waals surface area contributed by atoms with Gasteiger partial charge in [-0.25, -0.2) is 9.97 Å². The van der Waals surface area contributed by atoms with E-state index in [1.54, 1.807) is 53.1 Å². The number of nitrogens with two attached hydrogens (primary N) is 1. The van der Waals surface area contributed by atoms with Crippen LogP contribution < -0.4 is 16.0 Å². The lowest BCUT2D eigenvalue weighted by Crippen LogP contribution is -2.26. The van der Waals surface area contributed by atoms with Crippen molar-refractivity contribution in [1.82, 2.24) is 9.97 Å². The molecule has 0 bridgehead atoms. The van der Waals surface area contributed by atoms with Crippen LogP contribution in [0.2, 0.25) is 0 Å². The van der Waals surface area contributed by atoms with Crippen molar-refractivity contribution in [3.63, 3.8) is 0 Å². The molecule has 6 heterocycles. The number of ketones is 1. The van der Waals surface area contributed by atoms with Crippen molar-refractivity contribution in [2.75, 3.05) is 41.9 Å². The van der Waals surface area contributed by atoms with Crippen molar-refractivity contribution < 1.29 is 9.59 Å². The van der Waals surface area contributed by atoms with E-state index in [0.29, 0.717) is 5.75 Å². The molecule has 1 amide bonds. The van der Waals surface area contributed by atoms with Gasteiger partial charge in [0.15, 0.2) is 5.78 Å². The minimum atomic E-state index is -0.410. The molecule has 8 rings (SSSR count). The number of nitrogens with one attached hydrogen (secondary N) is 1. The molecule has 13 heteroatoms. The Bertz CT molecular complexity index is 1830. The third-order valence-electron chi connectivity index (χ3n) is 8.01. The molecule has 0 radical (unpaired) electrons. The first-order valence-electron chi connectivity index (χ1n) is 14.4. The van der Waals surface area contributed by atoms with E-state index in [2.05, 4.69) is 56.5 Å². The number of hydrogen-bond acceptors (Lipinski definition) is 12. The highest BCUT2D eigenvalue weighted by Gasteiger charge is 2.27. The van der Waals surface area contributed by atoms with Gasteiger partial charge >= 0.3 is 0 Å². The van der Waals surface area contributed by atoms with E-state index in [1.807, 2.05) is 0 Å². The molecule has 4 aromatic rings. The molecule has 0 saturated heterocycles. The van der Waals surface area contributed by atoms with Crippen LogP contribution in [-0.4, -0.2) is 75.5 Å². The molecule has 43 heavy (non-hydrogen) atoms. The average molecular weight is 650 g/mol. The predicted molar refractivity (Wildman–Crippen MR) is 183 cm³/mol. The molecular formula is C30H31N7O2S4. The van der Waals surface area contributed by atoms with Gasteiger partial charge in [-0.15, -0.1) is 46.2 Å². The third kappa shape index (κ3) is 5.56. The first kappa shape index (κ1) is 28.8. The van der Waals surface area contributed by atoms with Crippen LogP contribution in [0.5, 0.6) is 0 Å². The van der Waals surface area contributed by atoms with Crippen LogP contribution in [0, 0.1) is 0 Å². The fourth-order valence-electron chi connectivity index (χ4n) is 5.72. The molecule has 222 valence electrons. The average Bonchev–Trinajstić information content (AvgIpc) is 3.82. The smallest absolute Gasteiger partial charge is 0.243 e. The molecule has 4 aliphatic rings. The molecule has 3 N–H and O–H groups in total. The number of benzene rings is 2. The lowest BCUT2D eigenvalue weighted by molar-refractivity contribution is -0.119. The van der Waals surface area contributed by atoms with Crippen molar-refractivity contribution in [2.45, 2.75) is 44.7 Å². The Kier molecular flexibility index (Phi) is 7.91. The van der Waals surface area contributed by atoms with Crippen molar-refractivity contribution in [1.29, 1.82) is 0 Å². The fourth-order valence-corrected chi connectivity index (χ4v) is 10.3. The van der Waals surface area contributed by atoms with Crippen LogP contribution in [0.15, 0.2) is 34.3 Å². The van der Waals surface area contributed by atoms with Crippen LogP contribution in [-0.2, 0) is 22.4 Å². The van der Waals surface area contributed by atoms with Crippen molar-refractivity contribution in [3.05, 3.63) is 45.4 Å². The predicted octanol–water partition coefficient (Wildman–Crippen LogP) is 5.13. The van der Waals surface area contributed by atoms with Crippen LogP contribution >= 0.6 is 46.2 Å². The number of anilines is 2. The number of thiazole rings is 2. The zero-order chi connectivity index (χ0) is 29.7. The molecule has 0 aliphatic carbocycles. The lowest BCUT2D eigenvalue weighted by Gasteiger charge is -2.27. The van der Waals surface area contributed by atoms with E-state index < -0.39 is 6.04 Å². The van der Waals surface area contributed by atoms with Crippen molar-refractivity contribution in [3.8, 4) is 0 Å². The summed E-state index contributed by atoms with van der Waals surface area (Å²) in [7, 11) is 2.15. The first-order valence-corrected chi connectivity index (χ1v) is 18.0. The second kappa shape index (κ2) is 11.8. The maximum Gasteiger partial charge on any atom is 0.243 e. The summed E-state index contributed by atoms with van der Waals surface area (Å²) in [5.41, 5.74) is 12.7. The number of thioether (sulfide) groups is 2. The maximum absolute atomic E-state index is 11.5. The maximum atomic E-state index is 11.5. The Hall–Kier alpha value is -3.00. The normalized spacial score (nSPS) is 21.0. The number of nitrogens with zero attached hydrogens (tertiary/aromatic N) is 5. The summed E-state index contributed by atoms with van der Waals surface area (Å²) in [6, 6.07) is 7.86. The number of fused-ring (bicyclic) bond motifs is 6. The summed E-state index contributed by atoms with van der Waals surface area (Å²) in [6.45, 7) is 3.77. The lowest BCUT2D eigenvalue weighted by atomic mass is 10.0. The van der Waals surface area contributed by atoms with E-state index >= 15 is 0 Å². The second-order valence-electron chi connectivity index (χ2n) is 11.0. The summed E-state index contributed by atoms with van der Waals surface area (Å²) in [5.74, 6) is 1.16. The fraction of sp³-hybridized carbons (Fsp3) is 0.400. The topological polar surface area (TPSA) is 126 Å². The Morgan fingerprint density at radius 2 is 1.51 bits per heavy atom. The molecule has 4 aliphatic heterocycles. The monoisotopic (exact) mass is 649 g/mol. The highest BCUT2D eigenvalue weighted by molar-refractivity contribution is 8.15. The number of aromatic nitrogens is 2. The largest absolute Gasteiger partial charge is 0.385 e. The van der Waals surface area contributed by atoms with Gasteiger partial charge in [-0.2, -0.15) is 0 Å². The molecule has 2 atom stereocenters. The number of aliphatic imine (C=N–C) groups is 2. The summed E-state index contributed by atoms with van der Waals surface area (Å²) in [6.07, 6.45) is 4.55. The molecule has 0 fully saturated rings. The quantitative estimate of drug-likeness (QED) is 0.312. The van der Waals surface area contributed by atoms with Gasteiger partial charge < -0.3 is 16.0 Å². The molecule has 0 saturated carbocycles. The SMILES string of the molecule is CC(=O)[C@H]1CSC(c2nc3ccc4c(c3s2)CCCN4C)=N1.NC(=O)[C@H]1CSC(c2nc3ccc4c(c3s2)CCCN4)=N1. The zero-order valence-corrected chi connectivity index (χ0v) is 27.1. The minimum absolute atomic E-state index is 0.141. The Morgan fingerprint density at radius 3 is 2.16 bits per heavy atom. The van der Waals surface area contributed by atoms with Crippen LogP contribution in [0.1, 0.15) is 40.9 Å². The van der Waals surface area contributed by atoms with Crippen molar-refractivity contribution in [2.24, 2.45) is 15.7 Å². The molecule has 9 nitrogen and oxygen atoms in total. The summed E-state index contributed by atoms with van der Waals surface area (Å²) in [5, 5.41) is 7.08. The van der Waals surface area contributed by atoms with Crippen LogP contribution in [0.4, 0.5) is 11.4 Å². The van der Waals surface area contributed by atoms with Gasteiger partial charge in [-0.05, 0) is 68.0 Å². The van der Waals surface area contributed by atoms with Gasteiger partial charge in [-0.3, -0.25) is 19.6 Å². The van der Waals surface area contributed by atoms with Gasteiger partial charge in [0.05, 0.1) is 20.4 Å². The van der Waals surface area contributed by atoms with Crippen LogP contribution in [0.25, 0.3) is 20.4 Å². The van der Waals surface area contributed by atoms with Gasteiger partial charge in [0.25, 0.3) is 0 Å². The number of primary amides is 1. The molecule has 0 unspecified atom stereocenters. The van der Waals surface area contributed by atoms with Gasteiger partial charge in [0, 0.05) is 43.0 Å². The number of rotatable bonds is 4. The number of Topliss-reactive ketones (excluding diaryl/α,β-unsaturated/α-hetero) is 1. The zero-order valence-electron chi connectivity index (χ0n) is 23.9. The van der Waals surface area contributed by atoms with Gasteiger partial charge in [0.2, 0.25) is 5.91 Å². The molecule has 2 aromatic carbocycles. The van der Waals surface area contributed by atoms with E-state index in [4.69, 9.17) is 10.7 Å². The van der Waals surface area contributed by atoms with Gasteiger partial charge in [0.1, 0.15) is 32.2 Å².